The molecule has 154 valence electrons. The van der Waals surface area contributed by atoms with Crippen molar-refractivity contribution < 1.29 is 28.6 Å². The van der Waals surface area contributed by atoms with Crippen molar-refractivity contribution in [1.29, 1.82) is 0 Å². The Labute approximate surface area is 165 Å². The van der Waals surface area contributed by atoms with Crippen LogP contribution in [0, 0.1) is 12.8 Å². The first kappa shape index (κ1) is 21.5. The van der Waals surface area contributed by atoms with Gasteiger partial charge in [0.15, 0.2) is 18.1 Å². The van der Waals surface area contributed by atoms with E-state index in [4.69, 9.17) is 14.2 Å². The van der Waals surface area contributed by atoms with E-state index >= 15 is 0 Å². The highest BCUT2D eigenvalue weighted by molar-refractivity contribution is 5.92. The number of esters is 1. The number of piperazine rings is 1. The Morgan fingerprint density at radius 1 is 1.29 bits per heavy atom. The minimum absolute atomic E-state index is 0.182. The van der Waals surface area contributed by atoms with Crippen molar-refractivity contribution in [3.8, 4) is 11.5 Å². The van der Waals surface area contributed by atoms with E-state index in [1.807, 2.05) is 32.9 Å². The van der Waals surface area contributed by atoms with Crippen LogP contribution >= 0.6 is 0 Å². The third-order valence-electron chi connectivity index (χ3n) is 4.26. The zero-order chi connectivity index (χ0) is 20.7. The monoisotopic (exact) mass is 392 g/mol. The molecule has 1 aromatic carbocycles. The molecule has 1 unspecified atom stereocenters. The summed E-state index contributed by atoms with van der Waals surface area (Å²) in [5.41, 5.74) is 1.00. The minimum atomic E-state index is -0.899. The maximum Gasteiger partial charge on any atom is 0.308 e. The van der Waals surface area contributed by atoms with Crippen molar-refractivity contribution in [1.82, 2.24) is 10.2 Å². The molecule has 0 radical (unpaired) electrons. The van der Waals surface area contributed by atoms with Crippen molar-refractivity contribution in [2.24, 2.45) is 5.92 Å². The molecule has 28 heavy (non-hydrogen) atoms. The molecule has 1 atom stereocenters. The molecule has 0 bridgehead atoms. The Morgan fingerprint density at radius 2 is 2.04 bits per heavy atom. The first-order valence-electron chi connectivity index (χ1n) is 9.32. The molecule has 0 aliphatic carbocycles. The van der Waals surface area contributed by atoms with Crippen molar-refractivity contribution in [2.45, 2.75) is 33.2 Å². The normalized spacial score (nSPS) is 16.5. The summed E-state index contributed by atoms with van der Waals surface area (Å²) in [5, 5.41) is 2.68. The summed E-state index contributed by atoms with van der Waals surface area (Å²) < 4.78 is 16.0. The number of hydrogen-bond acceptors (Lipinski definition) is 6. The standard InChI is InChI=1S/C20H28N2O6/c1-13(2)11-28-19(24)10-15-20(25)21-7-8-22(15)18(23)12-27-16-6-5-14(3)9-17(16)26-4/h5-6,9,13,15H,7-8,10-12H2,1-4H3,(H,21,25). The molecule has 1 fully saturated rings. The van der Waals surface area contributed by atoms with E-state index < -0.39 is 12.0 Å². The number of rotatable bonds is 8. The number of methoxy groups -OCH3 is 1. The lowest BCUT2D eigenvalue weighted by molar-refractivity contribution is -0.153. The average molecular weight is 392 g/mol. The molecule has 0 aromatic heterocycles. The van der Waals surface area contributed by atoms with Crippen molar-refractivity contribution >= 4 is 17.8 Å². The molecule has 1 N–H and O–H groups in total. The number of nitrogens with zero attached hydrogens (tertiary/aromatic N) is 1. The highest BCUT2D eigenvalue weighted by atomic mass is 16.5. The number of ether oxygens (including phenoxy) is 3. The molecule has 1 saturated heterocycles. The lowest BCUT2D eigenvalue weighted by Crippen LogP contribution is -2.58. The quantitative estimate of drug-likeness (QED) is 0.670. The van der Waals surface area contributed by atoms with Crippen molar-refractivity contribution in [3.63, 3.8) is 0 Å². The molecule has 8 nitrogen and oxygen atoms in total. The van der Waals surface area contributed by atoms with Gasteiger partial charge in [-0.15, -0.1) is 0 Å². The number of amides is 2. The number of aryl methyl sites for hydroxylation is 1. The van der Waals surface area contributed by atoms with Crippen LogP contribution in [-0.2, 0) is 19.1 Å². The zero-order valence-corrected chi connectivity index (χ0v) is 16.8. The number of carbonyl (C=O) groups excluding carboxylic acids is 3. The van der Waals surface area contributed by atoms with Gasteiger partial charge in [0, 0.05) is 13.1 Å². The van der Waals surface area contributed by atoms with Crippen LogP contribution in [0.2, 0.25) is 0 Å². The zero-order valence-electron chi connectivity index (χ0n) is 16.8. The second-order valence-electron chi connectivity index (χ2n) is 7.12. The Kier molecular flexibility index (Phi) is 7.66. The van der Waals surface area contributed by atoms with Gasteiger partial charge in [-0.1, -0.05) is 19.9 Å². The van der Waals surface area contributed by atoms with Crippen LogP contribution in [0.3, 0.4) is 0 Å². The fraction of sp³-hybridized carbons (Fsp3) is 0.550. The summed E-state index contributed by atoms with van der Waals surface area (Å²) in [4.78, 5) is 38.3. The van der Waals surface area contributed by atoms with Crippen LogP contribution < -0.4 is 14.8 Å². The molecule has 0 spiro atoms. The fourth-order valence-electron chi connectivity index (χ4n) is 2.81. The van der Waals surface area contributed by atoms with Gasteiger partial charge in [-0.05, 0) is 30.5 Å². The van der Waals surface area contributed by atoms with Gasteiger partial charge in [0.1, 0.15) is 6.04 Å². The second-order valence-corrected chi connectivity index (χ2v) is 7.12. The van der Waals surface area contributed by atoms with Crippen molar-refractivity contribution in [3.05, 3.63) is 23.8 Å². The van der Waals surface area contributed by atoms with E-state index in [1.165, 1.54) is 12.0 Å². The summed E-state index contributed by atoms with van der Waals surface area (Å²) in [6.07, 6.45) is -0.182. The first-order chi connectivity index (χ1) is 13.3. The Bertz CT molecular complexity index is 719. The Balaban J connectivity index is 2.00. The van der Waals surface area contributed by atoms with Crippen LogP contribution in [0.1, 0.15) is 25.8 Å². The molecule has 2 rings (SSSR count). The summed E-state index contributed by atoms with van der Waals surface area (Å²) >= 11 is 0. The maximum absolute atomic E-state index is 12.7. The van der Waals surface area contributed by atoms with Crippen LogP contribution in [0.15, 0.2) is 18.2 Å². The van der Waals surface area contributed by atoms with Crippen LogP contribution in [0.4, 0.5) is 0 Å². The van der Waals surface area contributed by atoms with Gasteiger partial charge in [0.25, 0.3) is 5.91 Å². The summed E-state index contributed by atoms with van der Waals surface area (Å²) in [7, 11) is 1.53. The molecular formula is C20H28N2O6. The number of benzene rings is 1. The smallest absolute Gasteiger partial charge is 0.308 e. The molecular weight excluding hydrogens is 364 g/mol. The molecule has 0 saturated carbocycles. The summed E-state index contributed by atoms with van der Waals surface area (Å²) in [5.74, 6) is -0.0867. The SMILES string of the molecule is COc1cc(C)ccc1OCC(=O)N1CCNC(=O)C1CC(=O)OCC(C)C. The molecule has 1 aromatic rings. The minimum Gasteiger partial charge on any atom is -0.493 e. The maximum atomic E-state index is 12.7. The van der Waals surface area contributed by atoms with Gasteiger partial charge in [-0.2, -0.15) is 0 Å². The lowest BCUT2D eigenvalue weighted by Gasteiger charge is -2.34. The lowest BCUT2D eigenvalue weighted by atomic mass is 10.1. The molecule has 1 heterocycles. The molecule has 8 heteroatoms. The number of hydrogen-bond donors (Lipinski definition) is 1. The van der Waals surface area contributed by atoms with Gasteiger partial charge in [0.2, 0.25) is 5.91 Å². The fourth-order valence-corrected chi connectivity index (χ4v) is 2.81. The van der Waals surface area contributed by atoms with Gasteiger partial charge in [0.05, 0.1) is 20.1 Å². The van der Waals surface area contributed by atoms with E-state index in [1.54, 1.807) is 6.07 Å². The van der Waals surface area contributed by atoms with Crippen molar-refractivity contribution in [2.75, 3.05) is 33.4 Å². The van der Waals surface area contributed by atoms with Crippen LogP contribution in [-0.4, -0.2) is 62.1 Å². The van der Waals surface area contributed by atoms with Crippen LogP contribution in [0.5, 0.6) is 11.5 Å². The molecule has 1 aliphatic heterocycles. The van der Waals surface area contributed by atoms with Gasteiger partial charge < -0.3 is 24.4 Å². The largest absolute Gasteiger partial charge is 0.493 e. The molecule has 2 amide bonds. The van der Waals surface area contributed by atoms with E-state index in [0.717, 1.165) is 5.56 Å². The topological polar surface area (TPSA) is 94.2 Å². The highest BCUT2D eigenvalue weighted by Gasteiger charge is 2.35. The van der Waals surface area contributed by atoms with E-state index in [-0.39, 0.29) is 37.4 Å². The van der Waals surface area contributed by atoms with E-state index in [9.17, 15) is 14.4 Å². The van der Waals surface area contributed by atoms with Gasteiger partial charge >= 0.3 is 5.97 Å². The first-order valence-corrected chi connectivity index (χ1v) is 9.32. The van der Waals surface area contributed by atoms with Crippen LogP contribution in [0.25, 0.3) is 0 Å². The van der Waals surface area contributed by atoms with E-state index in [0.29, 0.717) is 24.6 Å². The number of carbonyl (C=O) groups is 3. The Morgan fingerprint density at radius 3 is 2.71 bits per heavy atom. The predicted molar refractivity (Wildman–Crippen MR) is 102 cm³/mol. The highest BCUT2D eigenvalue weighted by Crippen LogP contribution is 2.27. The third kappa shape index (κ3) is 5.87. The summed E-state index contributed by atoms with van der Waals surface area (Å²) in [6.45, 7) is 6.42. The van der Waals surface area contributed by atoms with Gasteiger partial charge in [-0.3, -0.25) is 14.4 Å². The number of nitrogens with one attached hydrogen (secondary N) is 1. The summed E-state index contributed by atoms with van der Waals surface area (Å²) in [6, 6.07) is 4.49. The Hall–Kier alpha value is -2.77. The second kappa shape index (κ2) is 9.96. The third-order valence-corrected chi connectivity index (χ3v) is 4.26. The predicted octanol–water partition coefficient (Wildman–Crippen LogP) is 1.30. The van der Waals surface area contributed by atoms with Gasteiger partial charge in [-0.25, -0.2) is 0 Å². The van der Waals surface area contributed by atoms with E-state index in [2.05, 4.69) is 5.32 Å². The average Bonchev–Trinajstić information content (AvgIpc) is 2.66. The molecule has 1 aliphatic rings.